The van der Waals surface area contributed by atoms with Gasteiger partial charge in [-0.2, -0.15) is 0 Å². The molecule has 3 aliphatic heterocycles. The second-order valence-corrected chi connectivity index (χ2v) is 11.9. The van der Waals surface area contributed by atoms with E-state index in [2.05, 4.69) is 20.6 Å². The summed E-state index contributed by atoms with van der Waals surface area (Å²) < 4.78 is 3.84. The number of nitrogens with two attached hydrogens (primary N) is 1. The number of fused-ring (bicyclic) bond motifs is 2. The number of aromatic nitrogens is 4. The van der Waals surface area contributed by atoms with Gasteiger partial charge in [-0.15, -0.1) is 27.8 Å². The van der Waals surface area contributed by atoms with Gasteiger partial charge in [-0.1, -0.05) is 5.16 Å². The van der Waals surface area contributed by atoms with Crippen LogP contribution in [0.25, 0.3) is 0 Å². The maximum atomic E-state index is 13.2. The zero-order chi connectivity index (χ0) is 28.8. The number of thioether (sulfide) groups is 1. The molecule has 0 aliphatic carbocycles. The summed E-state index contributed by atoms with van der Waals surface area (Å²) in [5, 5.41) is 31.0. The summed E-state index contributed by atoms with van der Waals surface area (Å²) in [5.41, 5.74) is 4.08. The van der Waals surface area contributed by atoms with Gasteiger partial charge in [-0.05, 0) is 26.7 Å². The molecule has 15 nitrogen and oxygen atoms in total. The average Bonchev–Trinajstić information content (AvgIpc) is 3.53. The first kappa shape index (κ1) is 27.6. The maximum absolute atomic E-state index is 13.2. The number of oxime groups is 1. The van der Waals surface area contributed by atoms with E-state index < -0.39 is 40.8 Å². The lowest BCUT2D eigenvalue weighted by Crippen LogP contribution is -2.71. The first-order chi connectivity index (χ1) is 19.0. The van der Waals surface area contributed by atoms with Crippen LogP contribution in [-0.2, 0) is 43.5 Å². The SMILES string of the molecule is CC(C)(O/N=C(\C(=O)N[C@@H]1C(=O)N2C(C(=O)O)=C(C[n+]3cnn4c3CCCC4)CS[C@H]12)c1csc(N)n1)C(=O)O. The minimum Gasteiger partial charge on any atom is -0.478 e. The molecular weight excluding hydrogens is 564 g/mol. The highest BCUT2D eigenvalue weighted by Gasteiger charge is 2.54. The Morgan fingerprint density at radius 3 is 2.77 bits per heavy atom. The molecule has 2 amide bonds. The number of nitrogens with zero attached hydrogens (tertiary/aromatic N) is 6. The number of amides is 2. The molecule has 5 rings (SSSR count). The summed E-state index contributed by atoms with van der Waals surface area (Å²) in [6.07, 6.45) is 4.59. The van der Waals surface area contributed by atoms with E-state index >= 15 is 0 Å². The molecule has 5 N–H and O–H groups in total. The van der Waals surface area contributed by atoms with Crippen LogP contribution >= 0.6 is 23.1 Å². The Hall–Kier alpha value is -3.99. The van der Waals surface area contributed by atoms with Crippen LogP contribution in [0.4, 0.5) is 5.13 Å². The van der Waals surface area contributed by atoms with Gasteiger partial charge in [0.15, 0.2) is 10.8 Å². The lowest BCUT2D eigenvalue weighted by Gasteiger charge is -2.49. The molecule has 0 radical (unpaired) electrons. The van der Waals surface area contributed by atoms with Gasteiger partial charge in [0.1, 0.15) is 29.4 Å². The molecule has 0 saturated carbocycles. The first-order valence-corrected chi connectivity index (χ1v) is 14.3. The normalized spacial score (nSPS) is 20.9. The summed E-state index contributed by atoms with van der Waals surface area (Å²) in [7, 11) is 0. The molecule has 2 aromatic rings. The molecule has 0 unspecified atom stereocenters. The van der Waals surface area contributed by atoms with Crippen LogP contribution in [0.5, 0.6) is 0 Å². The number of carbonyl (C=O) groups excluding carboxylic acids is 2. The van der Waals surface area contributed by atoms with Crippen LogP contribution in [-0.4, -0.2) is 82.1 Å². The fraction of sp³-hybridized carbons (Fsp3) is 0.478. The molecule has 5 heterocycles. The van der Waals surface area contributed by atoms with E-state index in [4.69, 9.17) is 10.6 Å². The Morgan fingerprint density at radius 1 is 1.32 bits per heavy atom. The number of carboxylic acid groups (broad SMARTS) is 2. The molecule has 0 spiro atoms. The fourth-order valence-corrected chi connectivity index (χ4v) is 6.45. The number of nitrogens with one attached hydrogen (secondary N) is 1. The molecule has 1 fully saturated rings. The van der Waals surface area contributed by atoms with Crippen molar-refractivity contribution in [3.05, 3.63) is 34.5 Å². The zero-order valence-corrected chi connectivity index (χ0v) is 23.2. The average molecular weight is 592 g/mol. The predicted octanol–water partition coefficient (Wildman–Crippen LogP) is -0.432. The lowest BCUT2D eigenvalue weighted by molar-refractivity contribution is -0.697. The van der Waals surface area contributed by atoms with Crippen LogP contribution in [0.1, 0.15) is 38.2 Å². The number of carbonyl (C=O) groups is 4. The molecule has 2 atom stereocenters. The van der Waals surface area contributed by atoms with E-state index in [1.54, 1.807) is 6.33 Å². The highest BCUT2D eigenvalue weighted by molar-refractivity contribution is 8.00. The third-order valence-corrected chi connectivity index (χ3v) is 8.75. The number of hydrogen-bond acceptors (Lipinski definition) is 11. The van der Waals surface area contributed by atoms with Gasteiger partial charge in [0.25, 0.3) is 18.1 Å². The van der Waals surface area contributed by atoms with Crippen LogP contribution in [0.3, 0.4) is 0 Å². The molecule has 2 aromatic heterocycles. The standard InChI is InChI=1S/C23H26N8O7S2/c1-23(2,21(36)37)38-28-14(12-9-40-22(24)26-12)17(32)27-15-18(33)31-16(20(34)35)11(8-39-19(15)31)7-29-10-25-30-6-4-3-5-13(29)30/h9-10,15,19H,3-8H2,1-2H3,(H4-,24,26,27,32,34,35,36,37)/p+1/b28-14-/t15-,19-/m1/s1. The number of aliphatic carboxylic acids is 2. The van der Waals surface area contributed by atoms with Crippen LogP contribution in [0.2, 0.25) is 0 Å². The minimum atomic E-state index is -1.75. The maximum Gasteiger partial charge on any atom is 0.352 e. The Kier molecular flexibility index (Phi) is 7.26. The number of aryl methyl sites for hydroxylation is 1. The van der Waals surface area contributed by atoms with Crippen molar-refractivity contribution in [2.24, 2.45) is 5.16 Å². The molecule has 212 valence electrons. The Morgan fingerprint density at radius 2 is 2.10 bits per heavy atom. The molecule has 1 saturated heterocycles. The fourth-order valence-electron chi connectivity index (χ4n) is 4.56. The van der Waals surface area contributed by atoms with Crippen molar-refractivity contribution in [1.82, 2.24) is 25.0 Å². The number of thiazole rings is 1. The van der Waals surface area contributed by atoms with E-state index in [1.807, 2.05) is 9.25 Å². The molecule has 17 heteroatoms. The van der Waals surface area contributed by atoms with Crippen molar-refractivity contribution in [3.8, 4) is 0 Å². The van der Waals surface area contributed by atoms with Crippen molar-refractivity contribution in [3.63, 3.8) is 0 Å². The zero-order valence-electron chi connectivity index (χ0n) is 21.6. The number of rotatable bonds is 9. The Bertz CT molecular complexity index is 1460. The second-order valence-electron chi connectivity index (χ2n) is 9.89. The molecule has 3 aliphatic rings. The van der Waals surface area contributed by atoms with Crippen molar-refractivity contribution < 1.29 is 38.8 Å². The van der Waals surface area contributed by atoms with Gasteiger partial charge < -0.3 is 26.1 Å². The van der Waals surface area contributed by atoms with E-state index in [1.165, 1.54) is 35.9 Å². The Balaban J connectivity index is 1.36. The Labute approximate surface area is 235 Å². The molecule has 0 aromatic carbocycles. The van der Waals surface area contributed by atoms with Gasteiger partial charge in [0, 0.05) is 28.2 Å². The van der Waals surface area contributed by atoms with E-state index in [-0.39, 0.29) is 28.8 Å². The summed E-state index contributed by atoms with van der Waals surface area (Å²) in [6, 6.07) is -1.04. The third-order valence-electron chi connectivity index (χ3n) is 6.74. The summed E-state index contributed by atoms with van der Waals surface area (Å²) in [5.74, 6) is -2.64. The highest BCUT2D eigenvalue weighted by atomic mass is 32.2. The van der Waals surface area contributed by atoms with Crippen LogP contribution < -0.4 is 15.6 Å². The van der Waals surface area contributed by atoms with Gasteiger partial charge in [0.2, 0.25) is 11.4 Å². The predicted molar refractivity (Wildman–Crippen MR) is 141 cm³/mol. The number of nitrogen functional groups attached to an aromatic ring is 1. The number of hydrogen-bond donors (Lipinski definition) is 4. The van der Waals surface area contributed by atoms with Crippen molar-refractivity contribution in [2.45, 2.75) is 63.2 Å². The summed E-state index contributed by atoms with van der Waals surface area (Å²) >= 11 is 2.37. The summed E-state index contributed by atoms with van der Waals surface area (Å²) in [6.45, 7) is 3.61. The smallest absolute Gasteiger partial charge is 0.352 e. The highest BCUT2D eigenvalue weighted by Crippen LogP contribution is 2.40. The minimum absolute atomic E-state index is 0.0380. The van der Waals surface area contributed by atoms with Gasteiger partial charge in [-0.3, -0.25) is 14.5 Å². The number of anilines is 1. The van der Waals surface area contributed by atoms with E-state index in [0.717, 1.165) is 43.0 Å². The molecule has 40 heavy (non-hydrogen) atoms. The van der Waals surface area contributed by atoms with Crippen LogP contribution in [0, 0.1) is 0 Å². The van der Waals surface area contributed by atoms with Gasteiger partial charge in [0.05, 0.1) is 6.54 Å². The van der Waals surface area contributed by atoms with Gasteiger partial charge >= 0.3 is 11.9 Å². The molecule has 0 bridgehead atoms. The first-order valence-electron chi connectivity index (χ1n) is 12.3. The topological polar surface area (TPSA) is 206 Å². The van der Waals surface area contributed by atoms with Crippen molar-refractivity contribution >= 4 is 57.7 Å². The summed E-state index contributed by atoms with van der Waals surface area (Å²) in [4.78, 5) is 60.5. The lowest BCUT2D eigenvalue weighted by atomic mass is 10.0. The monoisotopic (exact) mass is 591 g/mol. The van der Waals surface area contributed by atoms with Crippen molar-refractivity contribution in [2.75, 3.05) is 11.5 Å². The second kappa shape index (κ2) is 10.5. The third kappa shape index (κ3) is 5.01. The van der Waals surface area contributed by atoms with Crippen LogP contribution in [0.15, 0.2) is 28.1 Å². The molecular formula is C23H27N8O7S2+. The quantitative estimate of drug-likeness (QED) is 0.127. The van der Waals surface area contributed by atoms with Crippen molar-refractivity contribution in [1.29, 1.82) is 0 Å². The van der Waals surface area contributed by atoms with E-state index in [9.17, 15) is 29.4 Å². The van der Waals surface area contributed by atoms with Gasteiger partial charge in [-0.25, -0.2) is 19.1 Å². The van der Waals surface area contributed by atoms with E-state index in [0.29, 0.717) is 11.3 Å². The largest absolute Gasteiger partial charge is 0.478 e. The number of β-lactam (4-membered cyclic amide) rings is 1. The number of carboxylic acids is 2.